The van der Waals surface area contributed by atoms with Crippen molar-refractivity contribution in [1.29, 1.82) is 0 Å². The number of hydrogen-bond donors (Lipinski definition) is 4. The van der Waals surface area contributed by atoms with Crippen molar-refractivity contribution in [3.63, 3.8) is 0 Å². The molecule has 0 spiro atoms. The van der Waals surface area contributed by atoms with E-state index in [1.54, 1.807) is 24.3 Å². The normalized spacial score (nSPS) is 11.8. The lowest BCUT2D eigenvalue weighted by Gasteiger charge is -2.17. The van der Waals surface area contributed by atoms with E-state index in [1.807, 2.05) is 86.5 Å². The maximum Gasteiger partial charge on any atom is 0.241 e. The summed E-state index contributed by atoms with van der Waals surface area (Å²) < 4.78 is 56.0. The zero-order chi connectivity index (χ0) is 34.5. The summed E-state index contributed by atoms with van der Waals surface area (Å²) in [5.41, 5.74) is 12.9. The van der Waals surface area contributed by atoms with Crippen LogP contribution >= 0.6 is 0 Å². The van der Waals surface area contributed by atoms with Gasteiger partial charge in [-0.1, -0.05) is 67.8 Å². The minimum Gasteiger partial charge on any atom is -0.377 e. The summed E-state index contributed by atoms with van der Waals surface area (Å²) in [7, 11) is 0.776. The van der Waals surface area contributed by atoms with Gasteiger partial charge >= 0.3 is 0 Å². The highest BCUT2D eigenvalue weighted by Crippen LogP contribution is 2.31. The summed E-state index contributed by atoms with van der Waals surface area (Å²) in [6.45, 7) is 2.22. The van der Waals surface area contributed by atoms with Crippen molar-refractivity contribution in [2.45, 2.75) is 54.7 Å². The Morgan fingerprint density at radius 3 is 1.21 bits per heavy atom. The lowest BCUT2D eigenvalue weighted by molar-refractivity contribution is 0.572. The first-order valence-electron chi connectivity index (χ1n) is 16.2. The Hall–Kier alpha value is -3.26. The topological polar surface area (TPSA) is 151 Å². The molecular formula is C35H52N6O4S2. The van der Waals surface area contributed by atoms with Crippen LogP contribution in [0.3, 0.4) is 0 Å². The molecule has 0 bridgehead atoms. The van der Waals surface area contributed by atoms with Crippen molar-refractivity contribution in [2.75, 3.05) is 64.2 Å². The number of benzene rings is 4. The molecule has 10 nitrogen and oxygen atoms in total. The quantitative estimate of drug-likeness (QED) is 0.113. The van der Waals surface area contributed by atoms with Crippen LogP contribution < -0.4 is 30.7 Å². The van der Waals surface area contributed by atoms with Gasteiger partial charge in [0, 0.05) is 74.2 Å². The second kappa shape index (κ2) is 18.3. The van der Waals surface area contributed by atoms with E-state index in [1.165, 1.54) is 0 Å². The molecule has 12 heteroatoms. The Bertz CT molecular complexity index is 1790. The molecule has 0 saturated heterocycles. The van der Waals surface area contributed by atoms with E-state index in [-0.39, 0.29) is 0 Å². The SMILES string of the molecule is CN(C)c1cccc2c(S(=O)(=O)NCCCCCCN)cccc12.CN(C)c1cccc2c(S(=O)(=O)NCCCCCN)cccc12. The Morgan fingerprint density at radius 1 is 0.489 bits per heavy atom. The van der Waals surface area contributed by atoms with E-state index in [0.717, 1.165) is 77.9 Å². The van der Waals surface area contributed by atoms with Crippen molar-refractivity contribution >= 4 is 53.0 Å². The minimum absolute atomic E-state index is 0.331. The second-order valence-electron chi connectivity index (χ2n) is 11.9. The predicted molar refractivity (Wildman–Crippen MR) is 197 cm³/mol. The number of unbranched alkanes of at least 4 members (excludes halogenated alkanes) is 5. The standard InChI is InChI=1S/C18H27N3O2S.C17H25N3O2S/c1-21(2)17-11-7-10-16-15(17)9-8-12-18(16)24(22,23)20-14-6-4-3-5-13-19;1-20(2)16-10-6-9-15-14(16)8-7-11-17(15)23(21,22)19-13-5-3-4-12-18/h7-12,20H,3-6,13-14,19H2,1-2H3;6-11,19H,3-5,12-13,18H2,1-2H3. The largest absolute Gasteiger partial charge is 0.377 e. The molecule has 0 saturated carbocycles. The van der Waals surface area contributed by atoms with Crippen molar-refractivity contribution in [3.05, 3.63) is 72.8 Å². The van der Waals surface area contributed by atoms with Gasteiger partial charge in [0.05, 0.1) is 9.79 Å². The molecule has 4 aromatic carbocycles. The molecule has 0 aliphatic rings. The number of fused-ring (bicyclic) bond motifs is 2. The maximum absolute atomic E-state index is 12.7. The molecule has 47 heavy (non-hydrogen) atoms. The van der Waals surface area contributed by atoms with Crippen LogP contribution in [-0.2, 0) is 20.0 Å². The molecule has 0 amide bonds. The van der Waals surface area contributed by atoms with E-state index in [9.17, 15) is 16.8 Å². The molecule has 0 unspecified atom stereocenters. The van der Waals surface area contributed by atoms with Crippen molar-refractivity contribution < 1.29 is 16.8 Å². The highest BCUT2D eigenvalue weighted by Gasteiger charge is 2.19. The third-order valence-corrected chi connectivity index (χ3v) is 10.9. The fraction of sp³-hybridized carbons (Fsp3) is 0.429. The number of nitrogens with one attached hydrogen (secondary N) is 2. The average molecular weight is 685 g/mol. The number of nitrogens with two attached hydrogens (primary N) is 2. The molecular weight excluding hydrogens is 633 g/mol. The van der Waals surface area contributed by atoms with Gasteiger partial charge in [-0.25, -0.2) is 26.3 Å². The third kappa shape index (κ3) is 10.6. The fourth-order valence-corrected chi connectivity index (χ4v) is 8.00. The van der Waals surface area contributed by atoms with Gasteiger partial charge in [-0.05, 0) is 63.0 Å². The zero-order valence-corrected chi connectivity index (χ0v) is 29.8. The zero-order valence-electron chi connectivity index (χ0n) is 28.2. The van der Waals surface area contributed by atoms with Crippen molar-refractivity contribution in [3.8, 4) is 0 Å². The van der Waals surface area contributed by atoms with Gasteiger partial charge in [0.25, 0.3) is 0 Å². The van der Waals surface area contributed by atoms with E-state index >= 15 is 0 Å². The van der Waals surface area contributed by atoms with Gasteiger partial charge in [0.2, 0.25) is 20.0 Å². The van der Waals surface area contributed by atoms with Gasteiger partial charge in [-0.15, -0.1) is 0 Å². The molecule has 258 valence electrons. The molecule has 0 fully saturated rings. The molecule has 6 N–H and O–H groups in total. The monoisotopic (exact) mass is 684 g/mol. The van der Waals surface area contributed by atoms with Crippen LogP contribution in [-0.4, -0.2) is 71.2 Å². The summed E-state index contributed by atoms with van der Waals surface area (Å²) in [6.07, 6.45) is 6.49. The van der Waals surface area contributed by atoms with Crippen LogP contribution in [0.5, 0.6) is 0 Å². The Kier molecular flexibility index (Phi) is 14.9. The molecule has 4 aromatic rings. The van der Waals surface area contributed by atoms with Gasteiger partial charge < -0.3 is 21.3 Å². The summed E-state index contributed by atoms with van der Waals surface area (Å²) in [5, 5.41) is 3.37. The Balaban J connectivity index is 0.000000256. The molecule has 0 aromatic heterocycles. The second-order valence-corrected chi connectivity index (χ2v) is 15.4. The van der Waals surface area contributed by atoms with Crippen molar-refractivity contribution in [1.82, 2.24) is 9.44 Å². The summed E-state index contributed by atoms with van der Waals surface area (Å²) in [6, 6.07) is 22.3. The number of nitrogens with zero attached hydrogens (tertiary/aromatic N) is 2. The van der Waals surface area contributed by atoms with Crippen LogP contribution in [0.15, 0.2) is 82.6 Å². The van der Waals surface area contributed by atoms with Crippen molar-refractivity contribution in [2.24, 2.45) is 11.5 Å². The van der Waals surface area contributed by atoms with Gasteiger partial charge in [0.1, 0.15) is 0 Å². The number of rotatable bonds is 17. The smallest absolute Gasteiger partial charge is 0.241 e. The fourth-order valence-electron chi connectivity index (χ4n) is 5.42. The minimum atomic E-state index is -3.52. The molecule has 4 rings (SSSR count). The lowest BCUT2D eigenvalue weighted by atomic mass is 10.1. The van der Waals surface area contributed by atoms with Crippen LogP contribution in [0.4, 0.5) is 11.4 Å². The molecule has 0 aliphatic heterocycles. The average Bonchev–Trinajstić information content (AvgIpc) is 3.05. The van der Waals surface area contributed by atoms with E-state index in [2.05, 4.69) is 9.44 Å². The van der Waals surface area contributed by atoms with Gasteiger partial charge in [-0.3, -0.25) is 0 Å². The highest BCUT2D eigenvalue weighted by atomic mass is 32.2. The van der Waals surface area contributed by atoms with E-state index in [0.29, 0.717) is 36.0 Å². The number of hydrogen-bond acceptors (Lipinski definition) is 8. The molecule has 0 aliphatic carbocycles. The first kappa shape index (κ1) is 38.2. The van der Waals surface area contributed by atoms with Crippen LogP contribution in [0, 0.1) is 0 Å². The van der Waals surface area contributed by atoms with Gasteiger partial charge in [0.15, 0.2) is 0 Å². The molecule has 0 radical (unpaired) electrons. The molecule has 0 heterocycles. The van der Waals surface area contributed by atoms with Gasteiger partial charge in [-0.2, -0.15) is 0 Å². The van der Waals surface area contributed by atoms with Crippen LogP contribution in [0.1, 0.15) is 44.9 Å². The summed E-state index contributed by atoms with van der Waals surface area (Å²) >= 11 is 0. The third-order valence-electron chi connectivity index (χ3n) is 7.86. The first-order valence-corrected chi connectivity index (χ1v) is 19.2. The van der Waals surface area contributed by atoms with Crippen LogP contribution in [0.2, 0.25) is 0 Å². The number of anilines is 2. The first-order chi connectivity index (χ1) is 22.4. The lowest BCUT2D eigenvalue weighted by Crippen LogP contribution is -2.25. The number of sulfonamides is 2. The summed E-state index contributed by atoms with van der Waals surface area (Å²) in [4.78, 5) is 4.64. The van der Waals surface area contributed by atoms with E-state index < -0.39 is 20.0 Å². The molecule has 0 atom stereocenters. The Labute approximate surface area is 281 Å². The van der Waals surface area contributed by atoms with E-state index in [4.69, 9.17) is 11.5 Å². The summed E-state index contributed by atoms with van der Waals surface area (Å²) in [5.74, 6) is 0. The van der Waals surface area contributed by atoms with Crippen LogP contribution in [0.25, 0.3) is 21.5 Å². The highest BCUT2D eigenvalue weighted by molar-refractivity contribution is 7.90. The maximum atomic E-state index is 12.7. The predicted octanol–water partition coefficient (Wildman–Crippen LogP) is 5.02. The Morgan fingerprint density at radius 2 is 0.830 bits per heavy atom.